The zero-order valence-electron chi connectivity index (χ0n) is 15.2. The number of nitrogens with zero attached hydrogens (tertiary/aromatic N) is 3. The van der Waals surface area contributed by atoms with E-state index < -0.39 is 17.7 Å². The lowest BCUT2D eigenvalue weighted by atomic mass is 9.99. The predicted molar refractivity (Wildman–Crippen MR) is 99.9 cm³/mol. The fourth-order valence-electron chi connectivity index (χ4n) is 3.20. The average molecular weight is 374 g/mol. The van der Waals surface area contributed by atoms with E-state index >= 15 is 0 Å². The largest absolute Gasteiger partial charge is 0.507 e. The van der Waals surface area contributed by atoms with Crippen molar-refractivity contribution in [2.24, 2.45) is 0 Å². The fraction of sp³-hybridized carbons (Fsp3) is 0.389. The van der Waals surface area contributed by atoms with Gasteiger partial charge in [0.15, 0.2) is 0 Å². The molecular weight excluding hydrogens is 352 g/mol. The van der Waals surface area contributed by atoms with Crippen LogP contribution in [-0.2, 0) is 9.59 Å². The summed E-state index contributed by atoms with van der Waals surface area (Å²) in [7, 11) is 3.82. The van der Waals surface area contributed by atoms with Crippen LogP contribution in [0.15, 0.2) is 23.1 Å². The second-order valence-corrected chi connectivity index (χ2v) is 7.60. The Balaban J connectivity index is 2.14. The van der Waals surface area contributed by atoms with Crippen molar-refractivity contribution in [3.8, 4) is 0 Å². The van der Waals surface area contributed by atoms with Gasteiger partial charge < -0.3 is 14.9 Å². The van der Waals surface area contributed by atoms with Crippen molar-refractivity contribution in [1.82, 2.24) is 20.0 Å². The van der Waals surface area contributed by atoms with Crippen LogP contribution in [0.3, 0.4) is 0 Å². The lowest BCUT2D eigenvalue weighted by Crippen LogP contribution is -2.35. The molecule has 0 unspecified atom stereocenters. The van der Waals surface area contributed by atoms with Crippen LogP contribution >= 0.6 is 11.3 Å². The monoisotopic (exact) mass is 374 g/mol. The third kappa shape index (κ3) is 3.06. The number of aromatic amines is 1. The molecule has 138 valence electrons. The van der Waals surface area contributed by atoms with Crippen molar-refractivity contribution in [2.75, 3.05) is 27.2 Å². The van der Waals surface area contributed by atoms with Crippen molar-refractivity contribution in [1.29, 1.82) is 0 Å². The molecule has 0 bridgehead atoms. The number of hydrogen-bond donors (Lipinski definition) is 2. The number of thiophene rings is 1. The summed E-state index contributed by atoms with van der Waals surface area (Å²) in [5.74, 6) is -1.40. The Morgan fingerprint density at radius 2 is 2.12 bits per heavy atom. The molecule has 0 spiro atoms. The average Bonchev–Trinajstić information content (AvgIpc) is 3.27. The minimum Gasteiger partial charge on any atom is -0.507 e. The molecule has 1 atom stereocenters. The Kier molecular flexibility index (Phi) is 4.97. The van der Waals surface area contributed by atoms with Gasteiger partial charge in [0.05, 0.1) is 22.9 Å². The van der Waals surface area contributed by atoms with Crippen molar-refractivity contribution in [3.63, 3.8) is 0 Å². The highest BCUT2D eigenvalue weighted by Crippen LogP contribution is 2.41. The number of ketones is 1. The number of hydrogen-bond acceptors (Lipinski definition) is 6. The Hall–Kier alpha value is -2.45. The Labute approximate surface area is 155 Å². The molecule has 26 heavy (non-hydrogen) atoms. The number of carbonyl (C=O) groups excluding carboxylic acids is 2. The molecule has 0 aliphatic carbocycles. The molecule has 2 N–H and O–H groups in total. The maximum Gasteiger partial charge on any atom is 0.295 e. The second kappa shape index (κ2) is 7.05. The van der Waals surface area contributed by atoms with Gasteiger partial charge in [-0.25, -0.2) is 0 Å². The number of Topliss-reactive ketones (excluding diaryl/α,β-unsaturated/α-hetero) is 1. The Bertz CT molecular complexity index is 848. The maximum absolute atomic E-state index is 12.8. The normalized spacial score (nSPS) is 19.7. The van der Waals surface area contributed by atoms with Gasteiger partial charge >= 0.3 is 0 Å². The molecule has 0 aromatic carbocycles. The molecule has 2 aromatic rings. The summed E-state index contributed by atoms with van der Waals surface area (Å²) in [6.07, 6.45) is 0. The molecule has 1 amide bonds. The number of rotatable bonds is 5. The lowest BCUT2D eigenvalue weighted by molar-refractivity contribution is -0.140. The van der Waals surface area contributed by atoms with Crippen LogP contribution in [0.4, 0.5) is 0 Å². The fourth-order valence-corrected chi connectivity index (χ4v) is 4.04. The van der Waals surface area contributed by atoms with Gasteiger partial charge in [-0.3, -0.25) is 14.7 Å². The van der Waals surface area contributed by atoms with E-state index in [4.69, 9.17) is 0 Å². The van der Waals surface area contributed by atoms with Gasteiger partial charge in [0, 0.05) is 23.7 Å². The van der Waals surface area contributed by atoms with E-state index in [1.165, 1.54) is 11.3 Å². The van der Waals surface area contributed by atoms with E-state index in [0.29, 0.717) is 30.0 Å². The highest BCUT2D eigenvalue weighted by molar-refractivity contribution is 7.10. The smallest absolute Gasteiger partial charge is 0.295 e. The van der Waals surface area contributed by atoms with E-state index in [0.717, 1.165) is 4.88 Å². The molecule has 3 rings (SSSR count). The van der Waals surface area contributed by atoms with Crippen molar-refractivity contribution in [3.05, 3.63) is 44.9 Å². The minimum absolute atomic E-state index is 0.129. The zero-order chi connectivity index (χ0) is 19.0. The maximum atomic E-state index is 12.8. The van der Waals surface area contributed by atoms with Crippen molar-refractivity contribution >= 4 is 28.8 Å². The van der Waals surface area contributed by atoms with Gasteiger partial charge in [0.2, 0.25) is 0 Å². The molecule has 8 heteroatoms. The number of carbonyl (C=O) groups is 2. The van der Waals surface area contributed by atoms with E-state index in [2.05, 4.69) is 10.2 Å². The van der Waals surface area contributed by atoms with Gasteiger partial charge in [0.25, 0.3) is 11.7 Å². The first-order chi connectivity index (χ1) is 12.3. The van der Waals surface area contributed by atoms with Crippen LogP contribution in [0.2, 0.25) is 0 Å². The topological polar surface area (TPSA) is 89.5 Å². The van der Waals surface area contributed by atoms with Gasteiger partial charge in [-0.1, -0.05) is 6.07 Å². The van der Waals surface area contributed by atoms with Crippen LogP contribution < -0.4 is 0 Å². The van der Waals surface area contributed by atoms with E-state index in [1.54, 1.807) is 18.7 Å². The highest BCUT2D eigenvalue weighted by Gasteiger charge is 2.46. The van der Waals surface area contributed by atoms with E-state index in [9.17, 15) is 14.7 Å². The summed E-state index contributed by atoms with van der Waals surface area (Å²) < 4.78 is 0. The zero-order valence-corrected chi connectivity index (χ0v) is 16.1. The number of amides is 1. The summed E-state index contributed by atoms with van der Waals surface area (Å²) in [6.45, 7) is 4.55. The molecule has 2 aromatic heterocycles. The number of aliphatic hydroxyl groups is 1. The number of aryl methyl sites for hydroxylation is 2. The SMILES string of the molecule is Cc1n[nH]c(C)c1/C(O)=C1\C(=O)C(=O)N(CCN(C)C)[C@@H]1c1cccs1. The predicted octanol–water partition coefficient (Wildman–Crippen LogP) is 2.07. The minimum atomic E-state index is -0.653. The highest BCUT2D eigenvalue weighted by atomic mass is 32.1. The number of likely N-dealkylation sites (N-methyl/N-ethyl adjacent to an activating group) is 1. The van der Waals surface area contributed by atoms with Crippen LogP contribution in [0.25, 0.3) is 5.76 Å². The third-order valence-electron chi connectivity index (χ3n) is 4.51. The number of nitrogens with one attached hydrogen (secondary N) is 1. The summed E-state index contributed by atoms with van der Waals surface area (Å²) in [5.41, 5.74) is 1.86. The molecular formula is C18H22N4O3S. The van der Waals surface area contributed by atoms with Crippen molar-refractivity contribution in [2.45, 2.75) is 19.9 Å². The van der Waals surface area contributed by atoms with Crippen LogP contribution in [-0.4, -0.2) is 64.0 Å². The number of likely N-dealkylation sites (tertiary alicyclic amines) is 1. The van der Waals surface area contributed by atoms with Gasteiger partial charge in [0.1, 0.15) is 5.76 Å². The first-order valence-corrected chi connectivity index (χ1v) is 9.19. The van der Waals surface area contributed by atoms with Gasteiger partial charge in [-0.05, 0) is 39.4 Å². The lowest BCUT2D eigenvalue weighted by Gasteiger charge is -2.25. The van der Waals surface area contributed by atoms with Crippen LogP contribution in [0.1, 0.15) is 27.9 Å². The van der Waals surface area contributed by atoms with Crippen LogP contribution in [0, 0.1) is 13.8 Å². The first kappa shape index (κ1) is 18.3. The molecule has 1 aliphatic heterocycles. The number of H-pyrrole nitrogens is 1. The quantitative estimate of drug-likeness (QED) is 0.475. The summed E-state index contributed by atoms with van der Waals surface area (Å²) in [6, 6.07) is 3.18. The van der Waals surface area contributed by atoms with Gasteiger partial charge in [-0.2, -0.15) is 5.10 Å². The first-order valence-electron chi connectivity index (χ1n) is 8.31. The van der Waals surface area contributed by atoms with Gasteiger partial charge in [-0.15, -0.1) is 11.3 Å². The third-order valence-corrected chi connectivity index (χ3v) is 5.43. The molecule has 1 fully saturated rings. The summed E-state index contributed by atoms with van der Waals surface area (Å²) in [5, 5.41) is 19.7. The second-order valence-electron chi connectivity index (χ2n) is 6.62. The standard InChI is InChI=1S/C18H22N4O3S/c1-10-13(11(2)20-19-10)16(23)14-15(12-6-5-9-26-12)22(8-7-21(3)4)18(25)17(14)24/h5-6,9,15,23H,7-8H2,1-4H3,(H,19,20)/b16-14+/t15-/m1/s1. The molecule has 1 saturated heterocycles. The molecule has 1 aliphatic rings. The van der Waals surface area contributed by atoms with Crippen molar-refractivity contribution < 1.29 is 14.7 Å². The summed E-state index contributed by atoms with van der Waals surface area (Å²) in [4.78, 5) is 29.8. The van der Waals surface area contributed by atoms with E-state index in [1.807, 2.05) is 36.5 Å². The molecule has 7 nitrogen and oxygen atoms in total. The summed E-state index contributed by atoms with van der Waals surface area (Å²) >= 11 is 1.46. The van der Waals surface area contributed by atoms with E-state index in [-0.39, 0.29) is 11.3 Å². The Morgan fingerprint density at radius 3 is 2.65 bits per heavy atom. The number of aliphatic hydroxyl groups excluding tert-OH is 1. The molecule has 3 heterocycles. The molecule has 0 saturated carbocycles. The van der Waals surface area contributed by atoms with Crippen LogP contribution in [0.5, 0.6) is 0 Å². The Morgan fingerprint density at radius 1 is 1.38 bits per heavy atom. The number of aromatic nitrogens is 2. The molecule has 0 radical (unpaired) electrons.